The van der Waals surface area contributed by atoms with Gasteiger partial charge in [-0.05, 0) is 5.56 Å². The summed E-state index contributed by atoms with van der Waals surface area (Å²) in [5.41, 5.74) is 6.23. The van der Waals surface area contributed by atoms with Crippen LogP contribution in [0.5, 0.6) is 0 Å². The maximum Gasteiger partial charge on any atom is 0.250 e. The molecule has 15 heavy (non-hydrogen) atoms. The number of hydrogen-bond donors (Lipinski definition) is 1. The zero-order valence-electron chi connectivity index (χ0n) is 8.38. The molecular formula is C11H12N2O2. The molecule has 1 aromatic carbocycles. The van der Waals surface area contributed by atoms with Crippen LogP contribution in [-0.4, -0.2) is 24.3 Å². The van der Waals surface area contributed by atoms with E-state index in [1.165, 1.54) is 11.1 Å². The number of rotatable bonds is 4. The number of nitrogens with zero attached hydrogens (tertiary/aromatic N) is 1. The normalized spacial score (nSPS) is 10.9. The molecule has 0 spiro atoms. The summed E-state index contributed by atoms with van der Waals surface area (Å²) in [5, 5.41) is 0. The van der Waals surface area contributed by atoms with Gasteiger partial charge in [-0.2, -0.15) is 0 Å². The second kappa shape index (κ2) is 4.95. The predicted octanol–water partition coefficient (Wildman–Crippen LogP) is 0.601. The molecule has 78 valence electrons. The second-order valence-electron chi connectivity index (χ2n) is 3.04. The van der Waals surface area contributed by atoms with Crippen LogP contribution in [0.15, 0.2) is 36.5 Å². The van der Waals surface area contributed by atoms with Crippen molar-refractivity contribution in [2.24, 2.45) is 5.73 Å². The predicted molar refractivity (Wildman–Crippen MR) is 57.4 cm³/mol. The Bertz CT molecular complexity index is 385. The summed E-state index contributed by atoms with van der Waals surface area (Å²) in [6.45, 7) is 0. The first-order chi connectivity index (χ1) is 7.15. The molecular weight excluding hydrogens is 192 g/mol. The van der Waals surface area contributed by atoms with E-state index in [0.29, 0.717) is 17.5 Å². The van der Waals surface area contributed by atoms with Crippen LogP contribution in [-0.2, 0) is 9.59 Å². The van der Waals surface area contributed by atoms with Crippen molar-refractivity contribution in [3.63, 3.8) is 0 Å². The number of amides is 2. The molecule has 0 aliphatic carbocycles. The van der Waals surface area contributed by atoms with Gasteiger partial charge in [0.2, 0.25) is 6.41 Å². The highest BCUT2D eigenvalue weighted by atomic mass is 16.1. The Morgan fingerprint density at radius 2 is 1.93 bits per heavy atom. The van der Waals surface area contributed by atoms with Crippen molar-refractivity contribution in [1.82, 2.24) is 4.90 Å². The fourth-order valence-electron chi connectivity index (χ4n) is 1.13. The first-order valence-electron chi connectivity index (χ1n) is 4.39. The number of benzene rings is 1. The Morgan fingerprint density at radius 3 is 2.40 bits per heavy atom. The van der Waals surface area contributed by atoms with E-state index in [1.54, 1.807) is 31.3 Å². The topological polar surface area (TPSA) is 63.4 Å². The van der Waals surface area contributed by atoms with Gasteiger partial charge in [-0.3, -0.25) is 9.59 Å². The van der Waals surface area contributed by atoms with Crippen LogP contribution in [0.1, 0.15) is 5.56 Å². The van der Waals surface area contributed by atoms with Gasteiger partial charge in [0.05, 0.1) is 5.57 Å². The van der Waals surface area contributed by atoms with Crippen molar-refractivity contribution in [1.29, 1.82) is 0 Å². The standard InChI is InChI=1S/C11H12N2O2/c1-13(8-14)7-10(11(12)15)9-5-3-2-4-6-9/h2-8H,1H3,(H2,12,15)/b10-7-. The largest absolute Gasteiger partial charge is 0.366 e. The van der Waals surface area contributed by atoms with E-state index < -0.39 is 5.91 Å². The number of nitrogens with two attached hydrogens (primary N) is 1. The molecule has 1 rings (SSSR count). The molecule has 0 saturated heterocycles. The lowest BCUT2D eigenvalue weighted by molar-refractivity contribution is -0.114. The average Bonchev–Trinajstić information content (AvgIpc) is 2.26. The van der Waals surface area contributed by atoms with Crippen LogP contribution in [0.3, 0.4) is 0 Å². The van der Waals surface area contributed by atoms with Crippen molar-refractivity contribution in [2.45, 2.75) is 0 Å². The molecule has 2 amide bonds. The first-order valence-corrected chi connectivity index (χ1v) is 4.39. The summed E-state index contributed by atoms with van der Waals surface area (Å²) >= 11 is 0. The molecule has 1 aromatic rings. The maximum atomic E-state index is 11.2. The summed E-state index contributed by atoms with van der Waals surface area (Å²) in [6.07, 6.45) is 2.01. The zero-order valence-corrected chi connectivity index (χ0v) is 8.38. The SMILES string of the molecule is CN(C=O)/C=C(\C(N)=O)c1ccccc1. The minimum atomic E-state index is -0.560. The Morgan fingerprint density at radius 1 is 1.33 bits per heavy atom. The lowest BCUT2D eigenvalue weighted by atomic mass is 10.1. The minimum Gasteiger partial charge on any atom is -0.366 e. The lowest BCUT2D eigenvalue weighted by Gasteiger charge is -2.08. The summed E-state index contributed by atoms with van der Waals surface area (Å²) in [7, 11) is 1.54. The Kier molecular flexibility index (Phi) is 3.62. The van der Waals surface area contributed by atoms with Crippen LogP contribution in [0, 0.1) is 0 Å². The van der Waals surface area contributed by atoms with E-state index in [4.69, 9.17) is 5.73 Å². The van der Waals surface area contributed by atoms with Gasteiger partial charge in [0, 0.05) is 13.2 Å². The van der Waals surface area contributed by atoms with Gasteiger partial charge in [0.15, 0.2) is 0 Å². The molecule has 0 fully saturated rings. The van der Waals surface area contributed by atoms with Crippen LogP contribution in [0.4, 0.5) is 0 Å². The third-order valence-corrected chi connectivity index (χ3v) is 1.85. The van der Waals surface area contributed by atoms with Crippen LogP contribution in [0.25, 0.3) is 5.57 Å². The zero-order chi connectivity index (χ0) is 11.3. The van der Waals surface area contributed by atoms with Crippen molar-refractivity contribution in [3.05, 3.63) is 42.1 Å². The fourth-order valence-corrected chi connectivity index (χ4v) is 1.13. The molecule has 0 aromatic heterocycles. The van der Waals surface area contributed by atoms with Gasteiger partial charge in [-0.25, -0.2) is 0 Å². The van der Waals surface area contributed by atoms with Crippen LogP contribution in [0.2, 0.25) is 0 Å². The number of carbonyl (C=O) groups excluding carboxylic acids is 2. The third kappa shape index (κ3) is 2.95. The molecule has 4 nitrogen and oxygen atoms in total. The van der Waals surface area contributed by atoms with E-state index in [0.717, 1.165) is 0 Å². The Labute approximate surface area is 88.0 Å². The molecule has 0 saturated carbocycles. The highest BCUT2D eigenvalue weighted by molar-refractivity contribution is 6.18. The molecule has 2 N–H and O–H groups in total. The third-order valence-electron chi connectivity index (χ3n) is 1.85. The molecule has 0 aliphatic rings. The number of primary amides is 1. The highest BCUT2D eigenvalue weighted by Gasteiger charge is 2.08. The van der Waals surface area contributed by atoms with Crippen molar-refractivity contribution < 1.29 is 9.59 Å². The molecule has 0 bridgehead atoms. The lowest BCUT2D eigenvalue weighted by Crippen LogP contribution is -2.17. The van der Waals surface area contributed by atoms with E-state index >= 15 is 0 Å². The maximum absolute atomic E-state index is 11.2. The van der Waals surface area contributed by atoms with Gasteiger partial charge in [0.25, 0.3) is 5.91 Å². The smallest absolute Gasteiger partial charge is 0.250 e. The van der Waals surface area contributed by atoms with E-state index in [2.05, 4.69) is 0 Å². The quantitative estimate of drug-likeness (QED) is 0.576. The molecule has 0 radical (unpaired) electrons. The number of carbonyl (C=O) groups is 2. The Balaban J connectivity index is 3.09. The molecule has 0 heterocycles. The van der Waals surface area contributed by atoms with Crippen molar-refractivity contribution >= 4 is 17.9 Å². The summed E-state index contributed by atoms with van der Waals surface area (Å²) in [6, 6.07) is 8.95. The summed E-state index contributed by atoms with van der Waals surface area (Å²) < 4.78 is 0. The monoisotopic (exact) mass is 204 g/mol. The van der Waals surface area contributed by atoms with E-state index in [9.17, 15) is 9.59 Å². The number of hydrogen-bond acceptors (Lipinski definition) is 2. The summed E-state index contributed by atoms with van der Waals surface area (Å²) in [4.78, 5) is 22.8. The van der Waals surface area contributed by atoms with E-state index in [-0.39, 0.29) is 0 Å². The average molecular weight is 204 g/mol. The van der Waals surface area contributed by atoms with Gasteiger partial charge in [-0.15, -0.1) is 0 Å². The van der Waals surface area contributed by atoms with Crippen molar-refractivity contribution in [3.8, 4) is 0 Å². The second-order valence-corrected chi connectivity index (χ2v) is 3.04. The van der Waals surface area contributed by atoms with Crippen molar-refractivity contribution in [2.75, 3.05) is 7.05 Å². The van der Waals surface area contributed by atoms with Crippen LogP contribution >= 0.6 is 0 Å². The molecule has 0 unspecified atom stereocenters. The van der Waals surface area contributed by atoms with Gasteiger partial charge in [-0.1, -0.05) is 30.3 Å². The highest BCUT2D eigenvalue weighted by Crippen LogP contribution is 2.13. The molecule has 0 aliphatic heterocycles. The van der Waals surface area contributed by atoms with Gasteiger partial charge < -0.3 is 10.6 Å². The van der Waals surface area contributed by atoms with Gasteiger partial charge in [0.1, 0.15) is 0 Å². The molecule has 4 heteroatoms. The van der Waals surface area contributed by atoms with Gasteiger partial charge >= 0.3 is 0 Å². The van der Waals surface area contributed by atoms with E-state index in [1.807, 2.05) is 6.07 Å². The molecule has 0 atom stereocenters. The minimum absolute atomic E-state index is 0.310. The summed E-state index contributed by atoms with van der Waals surface area (Å²) in [5.74, 6) is -0.560. The van der Waals surface area contributed by atoms with Crippen LogP contribution < -0.4 is 5.73 Å². The Hall–Kier alpha value is -2.10. The first kappa shape index (κ1) is 11.0. The fraction of sp³-hybridized carbons (Fsp3) is 0.0909.